The van der Waals surface area contributed by atoms with E-state index in [0.29, 0.717) is 13.2 Å². The molecule has 0 atom stereocenters. The molecule has 0 saturated heterocycles. The molecule has 2 aromatic rings. The number of carbonyl (C=O) groups is 1. The number of hydrogen-bond donors (Lipinski definition) is 0. The summed E-state index contributed by atoms with van der Waals surface area (Å²) in [6, 6.07) is 18.4. The summed E-state index contributed by atoms with van der Waals surface area (Å²) in [6.07, 6.45) is 2.37. The Labute approximate surface area is 137 Å². The zero-order valence-corrected chi connectivity index (χ0v) is 13.6. The highest BCUT2D eigenvalue weighted by Gasteiger charge is 2.01. The Morgan fingerprint density at radius 2 is 1.65 bits per heavy atom. The van der Waals surface area contributed by atoms with Crippen molar-refractivity contribution in [2.75, 3.05) is 13.2 Å². The van der Waals surface area contributed by atoms with Crippen molar-refractivity contribution in [2.24, 2.45) is 0 Å². The van der Waals surface area contributed by atoms with Crippen LogP contribution in [0.2, 0.25) is 0 Å². The maximum atomic E-state index is 11.3. The van der Waals surface area contributed by atoms with E-state index in [0.717, 1.165) is 17.7 Å². The average molecular weight is 310 g/mol. The molecule has 0 aromatic heterocycles. The molecule has 3 heteroatoms. The van der Waals surface area contributed by atoms with Gasteiger partial charge in [-0.2, -0.15) is 0 Å². The summed E-state index contributed by atoms with van der Waals surface area (Å²) in [7, 11) is 0. The van der Waals surface area contributed by atoms with E-state index in [9.17, 15) is 4.79 Å². The summed E-state index contributed by atoms with van der Waals surface area (Å²) < 4.78 is 10.5. The van der Waals surface area contributed by atoms with Crippen LogP contribution in [-0.4, -0.2) is 19.2 Å². The zero-order chi connectivity index (χ0) is 16.5. The van der Waals surface area contributed by atoms with Crippen LogP contribution in [0, 0.1) is 0 Å². The van der Waals surface area contributed by atoms with Gasteiger partial charge in [0.2, 0.25) is 0 Å². The Kier molecular flexibility index (Phi) is 6.42. The highest BCUT2D eigenvalue weighted by atomic mass is 16.5. The lowest BCUT2D eigenvalue weighted by Gasteiger charge is -2.08. The van der Waals surface area contributed by atoms with Crippen molar-refractivity contribution in [1.29, 1.82) is 0 Å². The third-order valence-corrected chi connectivity index (χ3v) is 3.29. The zero-order valence-electron chi connectivity index (χ0n) is 13.6. The fraction of sp³-hybridized carbons (Fsp3) is 0.250. The standard InChI is InChI=1S/C20H22O3/c1-3-22-20(21)13-16(2)15-23-19-11-9-18(10-12-19)14-17-7-5-4-6-8-17/h4-13H,3,14-15H2,1-2H3. The van der Waals surface area contributed by atoms with Gasteiger partial charge in [-0.1, -0.05) is 42.5 Å². The van der Waals surface area contributed by atoms with E-state index >= 15 is 0 Å². The first kappa shape index (κ1) is 16.8. The monoisotopic (exact) mass is 310 g/mol. The molecule has 0 aliphatic heterocycles. The second-order valence-electron chi connectivity index (χ2n) is 5.34. The van der Waals surface area contributed by atoms with Crippen LogP contribution in [-0.2, 0) is 16.0 Å². The number of esters is 1. The van der Waals surface area contributed by atoms with Crippen molar-refractivity contribution in [1.82, 2.24) is 0 Å². The third-order valence-electron chi connectivity index (χ3n) is 3.29. The number of benzene rings is 2. The molecule has 120 valence electrons. The number of carbonyl (C=O) groups excluding carboxylic acids is 1. The smallest absolute Gasteiger partial charge is 0.330 e. The minimum absolute atomic E-state index is 0.327. The molecule has 0 amide bonds. The van der Waals surface area contributed by atoms with Crippen LogP contribution < -0.4 is 4.74 Å². The average Bonchev–Trinajstić information content (AvgIpc) is 2.55. The minimum Gasteiger partial charge on any atom is -0.489 e. The Bertz CT molecular complexity index is 642. The predicted octanol–water partition coefficient (Wildman–Crippen LogP) is 4.17. The lowest BCUT2D eigenvalue weighted by molar-refractivity contribution is -0.137. The van der Waals surface area contributed by atoms with Gasteiger partial charge < -0.3 is 9.47 Å². The van der Waals surface area contributed by atoms with Crippen LogP contribution in [0.4, 0.5) is 0 Å². The topological polar surface area (TPSA) is 35.5 Å². The number of hydrogen-bond acceptors (Lipinski definition) is 3. The molecule has 0 unspecified atom stereocenters. The van der Waals surface area contributed by atoms with Crippen molar-refractivity contribution in [3.63, 3.8) is 0 Å². The van der Waals surface area contributed by atoms with Crippen molar-refractivity contribution in [2.45, 2.75) is 20.3 Å². The summed E-state index contributed by atoms with van der Waals surface area (Å²) in [6.45, 7) is 4.39. The molecule has 3 nitrogen and oxygen atoms in total. The van der Waals surface area contributed by atoms with Crippen molar-refractivity contribution >= 4 is 5.97 Å². The van der Waals surface area contributed by atoms with Crippen molar-refractivity contribution in [3.8, 4) is 5.75 Å². The molecule has 0 heterocycles. The Balaban J connectivity index is 1.86. The highest BCUT2D eigenvalue weighted by molar-refractivity contribution is 5.82. The van der Waals surface area contributed by atoms with Crippen molar-refractivity contribution < 1.29 is 14.3 Å². The first-order valence-electron chi connectivity index (χ1n) is 7.77. The molecule has 0 fully saturated rings. The van der Waals surface area contributed by atoms with E-state index in [-0.39, 0.29) is 5.97 Å². The van der Waals surface area contributed by atoms with Gasteiger partial charge in [-0.15, -0.1) is 0 Å². The number of ether oxygens (including phenoxy) is 2. The summed E-state index contributed by atoms with van der Waals surface area (Å²) in [5, 5.41) is 0. The van der Waals surface area contributed by atoms with Gasteiger partial charge in [0.25, 0.3) is 0 Å². The van der Waals surface area contributed by atoms with E-state index < -0.39 is 0 Å². The lowest BCUT2D eigenvalue weighted by atomic mass is 10.1. The maximum Gasteiger partial charge on any atom is 0.330 e. The fourth-order valence-electron chi connectivity index (χ4n) is 2.16. The largest absolute Gasteiger partial charge is 0.489 e. The van der Waals surface area contributed by atoms with Crippen LogP contribution >= 0.6 is 0 Å². The van der Waals surface area contributed by atoms with E-state index in [2.05, 4.69) is 24.3 Å². The molecule has 0 aliphatic carbocycles. The van der Waals surface area contributed by atoms with Crippen LogP contribution in [0.1, 0.15) is 25.0 Å². The first-order chi connectivity index (χ1) is 11.2. The second kappa shape index (κ2) is 8.79. The molecule has 0 N–H and O–H groups in total. The molecule has 2 aromatic carbocycles. The van der Waals surface area contributed by atoms with Gasteiger partial charge in [0.05, 0.1) is 6.61 Å². The number of rotatable bonds is 7. The van der Waals surface area contributed by atoms with Crippen LogP contribution in [0.3, 0.4) is 0 Å². The van der Waals surface area contributed by atoms with Crippen LogP contribution in [0.5, 0.6) is 5.75 Å². The molecule has 2 rings (SSSR count). The summed E-state index contributed by atoms with van der Waals surface area (Å²) in [4.78, 5) is 11.3. The molecular weight excluding hydrogens is 288 g/mol. The van der Waals surface area contributed by atoms with Gasteiger partial charge in [0.1, 0.15) is 12.4 Å². The molecule has 0 spiro atoms. The first-order valence-corrected chi connectivity index (χ1v) is 7.77. The summed E-state index contributed by atoms with van der Waals surface area (Å²) in [5.41, 5.74) is 3.36. The highest BCUT2D eigenvalue weighted by Crippen LogP contribution is 2.16. The van der Waals surface area contributed by atoms with E-state index in [1.54, 1.807) is 6.92 Å². The van der Waals surface area contributed by atoms with Gasteiger partial charge in [0, 0.05) is 6.08 Å². The van der Waals surface area contributed by atoms with Gasteiger partial charge in [-0.3, -0.25) is 0 Å². The van der Waals surface area contributed by atoms with E-state index in [1.165, 1.54) is 17.2 Å². The maximum absolute atomic E-state index is 11.3. The molecular formula is C20H22O3. The lowest BCUT2D eigenvalue weighted by Crippen LogP contribution is -2.04. The Morgan fingerprint density at radius 1 is 1.00 bits per heavy atom. The van der Waals surface area contributed by atoms with E-state index in [1.807, 2.05) is 37.3 Å². The summed E-state index contributed by atoms with van der Waals surface area (Å²) in [5.74, 6) is 0.463. The molecule has 0 bridgehead atoms. The molecule has 0 saturated carbocycles. The second-order valence-corrected chi connectivity index (χ2v) is 5.34. The summed E-state index contributed by atoms with van der Waals surface area (Å²) >= 11 is 0. The van der Waals surface area contributed by atoms with E-state index in [4.69, 9.17) is 9.47 Å². The third kappa shape index (κ3) is 5.99. The molecule has 0 aliphatic rings. The SMILES string of the molecule is CCOC(=O)C=C(C)COc1ccc(Cc2ccccc2)cc1. The van der Waals surface area contributed by atoms with Crippen LogP contribution in [0.25, 0.3) is 0 Å². The molecule has 23 heavy (non-hydrogen) atoms. The quantitative estimate of drug-likeness (QED) is 0.569. The Hall–Kier alpha value is -2.55. The van der Waals surface area contributed by atoms with Gasteiger partial charge in [0.15, 0.2) is 0 Å². The van der Waals surface area contributed by atoms with Gasteiger partial charge in [-0.05, 0) is 49.1 Å². The normalized spacial score (nSPS) is 11.1. The Morgan fingerprint density at radius 3 is 2.30 bits per heavy atom. The fourth-order valence-corrected chi connectivity index (χ4v) is 2.16. The predicted molar refractivity (Wildman–Crippen MR) is 91.6 cm³/mol. The van der Waals surface area contributed by atoms with Crippen molar-refractivity contribution in [3.05, 3.63) is 77.4 Å². The van der Waals surface area contributed by atoms with Crippen LogP contribution in [0.15, 0.2) is 66.2 Å². The van der Waals surface area contributed by atoms with Gasteiger partial charge in [-0.25, -0.2) is 4.79 Å². The minimum atomic E-state index is -0.327. The van der Waals surface area contributed by atoms with Gasteiger partial charge >= 0.3 is 5.97 Å². The molecule has 0 radical (unpaired) electrons.